The SMILES string of the molecule is CCOC(=O)c1ccc(NC(=O)Cn2ccc(=O)c3cc(F)ccc32)cc1. The Hall–Kier alpha value is -3.48. The molecule has 3 rings (SSSR count). The molecule has 138 valence electrons. The van der Waals surface area contributed by atoms with Gasteiger partial charge in [0.2, 0.25) is 5.91 Å². The molecule has 0 aliphatic heterocycles. The summed E-state index contributed by atoms with van der Waals surface area (Å²) in [5.41, 5.74) is 1.07. The average molecular weight is 368 g/mol. The highest BCUT2D eigenvalue weighted by Crippen LogP contribution is 2.14. The van der Waals surface area contributed by atoms with Crippen molar-refractivity contribution in [2.75, 3.05) is 11.9 Å². The Morgan fingerprint density at radius 1 is 1.11 bits per heavy atom. The van der Waals surface area contributed by atoms with Gasteiger partial charge in [-0.3, -0.25) is 9.59 Å². The molecule has 0 aliphatic rings. The zero-order valence-corrected chi connectivity index (χ0v) is 14.6. The summed E-state index contributed by atoms with van der Waals surface area (Å²) in [6.45, 7) is 1.96. The molecule has 0 atom stereocenters. The maximum Gasteiger partial charge on any atom is 0.338 e. The Bertz CT molecular complexity index is 1060. The van der Waals surface area contributed by atoms with Crippen LogP contribution in [0.1, 0.15) is 17.3 Å². The molecule has 0 unspecified atom stereocenters. The van der Waals surface area contributed by atoms with Crippen LogP contribution in [0.3, 0.4) is 0 Å². The zero-order chi connectivity index (χ0) is 19.4. The third-order valence-electron chi connectivity index (χ3n) is 3.93. The second-order valence-corrected chi connectivity index (χ2v) is 5.82. The van der Waals surface area contributed by atoms with Crippen LogP contribution < -0.4 is 10.7 Å². The normalized spacial score (nSPS) is 10.6. The highest BCUT2D eigenvalue weighted by molar-refractivity contribution is 5.93. The number of carbonyl (C=O) groups excluding carboxylic acids is 2. The van der Waals surface area contributed by atoms with E-state index in [1.54, 1.807) is 35.8 Å². The van der Waals surface area contributed by atoms with Gasteiger partial charge in [-0.25, -0.2) is 9.18 Å². The quantitative estimate of drug-likeness (QED) is 0.703. The topological polar surface area (TPSA) is 77.4 Å². The smallest absolute Gasteiger partial charge is 0.338 e. The van der Waals surface area contributed by atoms with Crippen molar-refractivity contribution in [2.24, 2.45) is 0 Å². The molecule has 1 N–H and O–H groups in total. The van der Waals surface area contributed by atoms with Crippen LogP contribution in [0.15, 0.2) is 59.5 Å². The first kappa shape index (κ1) is 18.3. The van der Waals surface area contributed by atoms with Crippen LogP contribution in [0.2, 0.25) is 0 Å². The first-order valence-corrected chi connectivity index (χ1v) is 8.33. The molecule has 1 heterocycles. The largest absolute Gasteiger partial charge is 0.462 e. The molecule has 3 aromatic rings. The Kier molecular flexibility index (Phi) is 5.30. The zero-order valence-electron chi connectivity index (χ0n) is 14.6. The number of pyridine rings is 1. The van der Waals surface area contributed by atoms with E-state index in [0.717, 1.165) is 6.07 Å². The predicted molar refractivity (Wildman–Crippen MR) is 99.2 cm³/mol. The van der Waals surface area contributed by atoms with E-state index in [1.807, 2.05) is 0 Å². The lowest BCUT2D eigenvalue weighted by molar-refractivity contribution is -0.116. The molecule has 6 nitrogen and oxygen atoms in total. The molecule has 0 saturated heterocycles. The van der Waals surface area contributed by atoms with E-state index in [1.165, 1.54) is 24.4 Å². The number of carbonyl (C=O) groups is 2. The lowest BCUT2D eigenvalue weighted by atomic mass is 10.2. The van der Waals surface area contributed by atoms with Gasteiger partial charge < -0.3 is 14.6 Å². The van der Waals surface area contributed by atoms with Gasteiger partial charge in [-0.2, -0.15) is 0 Å². The molecule has 0 radical (unpaired) electrons. The molecule has 1 aromatic heterocycles. The number of rotatable bonds is 5. The number of esters is 1. The summed E-state index contributed by atoms with van der Waals surface area (Å²) in [5.74, 6) is -1.26. The van der Waals surface area contributed by atoms with Gasteiger partial charge in [0.15, 0.2) is 5.43 Å². The first-order valence-electron chi connectivity index (χ1n) is 8.33. The maximum atomic E-state index is 13.4. The van der Waals surface area contributed by atoms with Crippen molar-refractivity contribution in [1.82, 2.24) is 4.57 Å². The summed E-state index contributed by atoms with van der Waals surface area (Å²) >= 11 is 0. The molecule has 1 amide bonds. The summed E-state index contributed by atoms with van der Waals surface area (Å²) in [7, 11) is 0. The molecular weight excluding hydrogens is 351 g/mol. The van der Waals surface area contributed by atoms with Gasteiger partial charge in [0.25, 0.3) is 0 Å². The van der Waals surface area contributed by atoms with E-state index >= 15 is 0 Å². The fraction of sp³-hybridized carbons (Fsp3) is 0.150. The fourth-order valence-corrected chi connectivity index (χ4v) is 2.68. The highest BCUT2D eigenvalue weighted by atomic mass is 19.1. The van der Waals surface area contributed by atoms with Gasteiger partial charge in [-0.05, 0) is 49.4 Å². The fourth-order valence-electron chi connectivity index (χ4n) is 2.68. The van der Waals surface area contributed by atoms with Crippen LogP contribution in [-0.4, -0.2) is 23.1 Å². The third-order valence-corrected chi connectivity index (χ3v) is 3.93. The molecule has 27 heavy (non-hydrogen) atoms. The monoisotopic (exact) mass is 368 g/mol. The van der Waals surface area contributed by atoms with Gasteiger partial charge in [-0.1, -0.05) is 0 Å². The lowest BCUT2D eigenvalue weighted by Crippen LogP contribution is -2.20. The highest BCUT2D eigenvalue weighted by Gasteiger charge is 2.10. The second-order valence-electron chi connectivity index (χ2n) is 5.82. The third kappa shape index (κ3) is 4.20. The Morgan fingerprint density at radius 2 is 1.85 bits per heavy atom. The van der Waals surface area contributed by atoms with Crippen LogP contribution in [0.25, 0.3) is 10.9 Å². The Labute approximate surface area is 154 Å². The minimum Gasteiger partial charge on any atom is -0.462 e. The number of halogens is 1. The van der Waals surface area contributed by atoms with Crippen LogP contribution in [0.5, 0.6) is 0 Å². The summed E-state index contributed by atoms with van der Waals surface area (Å²) in [6.07, 6.45) is 1.49. The maximum absolute atomic E-state index is 13.4. The molecule has 0 fully saturated rings. The van der Waals surface area contributed by atoms with Crippen molar-refractivity contribution in [3.8, 4) is 0 Å². The van der Waals surface area contributed by atoms with E-state index < -0.39 is 11.8 Å². The predicted octanol–water partition coefficient (Wildman–Crippen LogP) is 2.96. The minimum absolute atomic E-state index is 0.0535. The van der Waals surface area contributed by atoms with E-state index in [4.69, 9.17) is 4.74 Å². The minimum atomic E-state index is -0.511. The number of nitrogens with one attached hydrogen (secondary N) is 1. The van der Waals surface area contributed by atoms with Crippen molar-refractivity contribution < 1.29 is 18.7 Å². The number of aromatic nitrogens is 1. The van der Waals surface area contributed by atoms with Crippen molar-refractivity contribution in [1.29, 1.82) is 0 Å². The van der Waals surface area contributed by atoms with Crippen molar-refractivity contribution in [2.45, 2.75) is 13.5 Å². The van der Waals surface area contributed by atoms with Crippen LogP contribution in [0.4, 0.5) is 10.1 Å². The molecule has 0 bridgehead atoms. The van der Waals surface area contributed by atoms with E-state index in [2.05, 4.69) is 5.32 Å². The van der Waals surface area contributed by atoms with Crippen molar-refractivity contribution in [3.05, 3.63) is 76.3 Å². The van der Waals surface area contributed by atoms with E-state index in [9.17, 15) is 18.8 Å². The Morgan fingerprint density at radius 3 is 2.56 bits per heavy atom. The second kappa shape index (κ2) is 7.82. The van der Waals surface area contributed by atoms with Gasteiger partial charge in [0.05, 0.1) is 17.7 Å². The first-order chi connectivity index (χ1) is 13.0. The standard InChI is InChI=1S/C20H17FN2O4/c1-2-27-20(26)13-3-6-15(7-4-13)22-19(25)12-23-10-9-18(24)16-11-14(21)5-8-17(16)23/h3-11H,2,12H2,1H3,(H,22,25). The summed E-state index contributed by atoms with van der Waals surface area (Å²) in [6, 6.07) is 11.5. The molecule has 0 saturated carbocycles. The number of nitrogens with zero attached hydrogens (tertiary/aromatic N) is 1. The number of benzene rings is 2. The number of hydrogen-bond donors (Lipinski definition) is 1. The number of hydrogen-bond acceptors (Lipinski definition) is 4. The van der Waals surface area contributed by atoms with Crippen LogP contribution in [-0.2, 0) is 16.1 Å². The van der Waals surface area contributed by atoms with Gasteiger partial charge in [-0.15, -0.1) is 0 Å². The van der Waals surface area contributed by atoms with Gasteiger partial charge in [0, 0.05) is 23.3 Å². The molecule has 0 aliphatic carbocycles. The van der Waals surface area contributed by atoms with E-state index in [-0.39, 0.29) is 29.9 Å². The number of anilines is 1. The lowest BCUT2D eigenvalue weighted by Gasteiger charge is -2.11. The molecule has 0 spiro atoms. The number of ether oxygens (including phenoxy) is 1. The number of amides is 1. The Balaban J connectivity index is 1.75. The molecular formula is C20H17FN2O4. The molecule has 7 heteroatoms. The average Bonchev–Trinajstić information content (AvgIpc) is 2.65. The van der Waals surface area contributed by atoms with Crippen molar-refractivity contribution >= 4 is 28.5 Å². The van der Waals surface area contributed by atoms with Crippen LogP contribution in [0, 0.1) is 5.82 Å². The van der Waals surface area contributed by atoms with E-state index in [0.29, 0.717) is 16.8 Å². The summed E-state index contributed by atoms with van der Waals surface area (Å²) < 4.78 is 19.8. The van der Waals surface area contributed by atoms with Crippen molar-refractivity contribution in [3.63, 3.8) is 0 Å². The number of fused-ring (bicyclic) bond motifs is 1. The van der Waals surface area contributed by atoms with Crippen LogP contribution >= 0.6 is 0 Å². The summed E-state index contributed by atoms with van der Waals surface area (Å²) in [5, 5.41) is 2.93. The van der Waals surface area contributed by atoms with Gasteiger partial charge >= 0.3 is 5.97 Å². The summed E-state index contributed by atoms with van der Waals surface area (Å²) in [4.78, 5) is 35.8. The molecule has 2 aromatic carbocycles. The van der Waals surface area contributed by atoms with Gasteiger partial charge in [0.1, 0.15) is 12.4 Å².